The lowest BCUT2D eigenvalue weighted by Gasteiger charge is -2.31. The van der Waals surface area contributed by atoms with Crippen LogP contribution in [-0.4, -0.2) is 24.9 Å². The highest BCUT2D eigenvalue weighted by Gasteiger charge is 2.59. The van der Waals surface area contributed by atoms with Crippen LogP contribution in [0.4, 0.5) is 26.3 Å². The first-order valence-electron chi connectivity index (χ1n) is 5.51. The molecule has 0 aliphatic heterocycles. The molecular weight excluding hydrogens is 260 g/mol. The molecule has 108 valence electrons. The first-order valence-corrected chi connectivity index (χ1v) is 5.51. The first-order chi connectivity index (χ1) is 8.00. The Morgan fingerprint density at radius 1 is 1.11 bits per heavy atom. The number of alkyl halides is 6. The van der Waals surface area contributed by atoms with Crippen molar-refractivity contribution in [3.05, 3.63) is 12.2 Å². The molecule has 1 atom stereocenters. The summed E-state index contributed by atoms with van der Waals surface area (Å²) in [5.74, 6) is -3.37. The summed E-state index contributed by atoms with van der Waals surface area (Å²) < 4.78 is 75.3. The van der Waals surface area contributed by atoms with Gasteiger partial charge in [0, 0.05) is 6.04 Å². The minimum atomic E-state index is -5.32. The van der Waals surface area contributed by atoms with Crippen molar-refractivity contribution in [3.8, 4) is 0 Å². The summed E-state index contributed by atoms with van der Waals surface area (Å²) in [4.78, 5) is 0. The van der Waals surface area contributed by atoms with Crippen LogP contribution in [0.5, 0.6) is 0 Å². The van der Waals surface area contributed by atoms with Crippen molar-refractivity contribution in [1.29, 1.82) is 0 Å². The molecule has 0 spiro atoms. The minimum absolute atomic E-state index is 0.0978. The van der Waals surface area contributed by atoms with Gasteiger partial charge in [0.05, 0.1) is 0 Å². The third-order valence-corrected chi connectivity index (χ3v) is 2.33. The topological polar surface area (TPSA) is 12.0 Å². The van der Waals surface area contributed by atoms with Crippen LogP contribution >= 0.6 is 0 Å². The molecule has 0 aromatic rings. The van der Waals surface area contributed by atoms with E-state index in [0.717, 1.165) is 0 Å². The maximum atomic E-state index is 12.6. The van der Waals surface area contributed by atoms with E-state index in [4.69, 9.17) is 0 Å². The second-order valence-electron chi connectivity index (χ2n) is 4.28. The van der Waals surface area contributed by atoms with E-state index in [1.54, 1.807) is 6.92 Å². The van der Waals surface area contributed by atoms with Crippen LogP contribution in [0.3, 0.4) is 0 Å². The van der Waals surface area contributed by atoms with E-state index in [1.165, 1.54) is 6.92 Å². The van der Waals surface area contributed by atoms with E-state index in [1.807, 2.05) is 0 Å². The van der Waals surface area contributed by atoms with Gasteiger partial charge in [0.2, 0.25) is 0 Å². The van der Waals surface area contributed by atoms with Crippen LogP contribution in [0, 0.1) is 5.92 Å². The predicted molar refractivity (Wildman–Crippen MR) is 57.1 cm³/mol. The maximum Gasteiger partial charge on any atom is 0.402 e. The second kappa shape index (κ2) is 6.45. The molecule has 0 saturated carbocycles. The summed E-state index contributed by atoms with van der Waals surface area (Å²) in [7, 11) is 0. The van der Waals surface area contributed by atoms with Crippen LogP contribution in [0.2, 0.25) is 0 Å². The van der Waals surface area contributed by atoms with Gasteiger partial charge in [-0.05, 0) is 26.3 Å². The Balaban J connectivity index is 5.14. The van der Waals surface area contributed by atoms with Gasteiger partial charge in [-0.15, -0.1) is 6.58 Å². The van der Waals surface area contributed by atoms with Crippen LogP contribution in [0.15, 0.2) is 12.2 Å². The van der Waals surface area contributed by atoms with E-state index in [2.05, 4.69) is 11.9 Å². The highest BCUT2D eigenvalue weighted by molar-refractivity contribution is 4.98. The summed E-state index contributed by atoms with van der Waals surface area (Å²) in [5, 5.41) is 2.31. The lowest BCUT2D eigenvalue weighted by atomic mass is 9.93. The smallest absolute Gasteiger partial charge is 0.313 e. The van der Waals surface area contributed by atoms with Crippen LogP contribution in [0.1, 0.15) is 26.7 Å². The molecule has 0 fully saturated rings. The van der Waals surface area contributed by atoms with Crippen molar-refractivity contribution in [1.82, 2.24) is 5.32 Å². The Bertz CT molecular complexity index is 254. The summed E-state index contributed by atoms with van der Waals surface area (Å²) in [5.41, 5.74) is 0.280. The zero-order valence-corrected chi connectivity index (χ0v) is 10.3. The van der Waals surface area contributed by atoms with Crippen LogP contribution in [-0.2, 0) is 0 Å². The quantitative estimate of drug-likeness (QED) is 0.570. The van der Waals surface area contributed by atoms with Crippen molar-refractivity contribution < 1.29 is 26.3 Å². The number of rotatable bonds is 6. The standard InChI is InChI=1S/C11H17F6N/c1-4-5-18-8(6-7(2)3)9(10(12,13)14)11(15,16)17/h8-9,18H,2,4-6H2,1,3H3. The fourth-order valence-corrected chi connectivity index (χ4v) is 1.65. The lowest BCUT2D eigenvalue weighted by molar-refractivity contribution is -0.291. The highest BCUT2D eigenvalue weighted by Crippen LogP contribution is 2.42. The first kappa shape index (κ1) is 17.3. The van der Waals surface area contributed by atoms with Gasteiger partial charge in [-0.25, -0.2) is 0 Å². The molecule has 18 heavy (non-hydrogen) atoms. The van der Waals surface area contributed by atoms with Gasteiger partial charge in [-0.1, -0.05) is 12.5 Å². The molecule has 1 nitrogen and oxygen atoms in total. The summed E-state index contributed by atoms with van der Waals surface area (Å²) >= 11 is 0. The van der Waals surface area contributed by atoms with Gasteiger partial charge in [-0.3, -0.25) is 0 Å². The highest BCUT2D eigenvalue weighted by atomic mass is 19.4. The molecular formula is C11H17F6N. The van der Waals surface area contributed by atoms with Gasteiger partial charge in [-0.2, -0.15) is 26.3 Å². The van der Waals surface area contributed by atoms with Crippen LogP contribution < -0.4 is 5.32 Å². The van der Waals surface area contributed by atoms with Gasteiger partial charge in [0.1, 0.15) is 0 Å². The predicted octanol–water partition coefficient (Wildman–Crippen LogP) is 4.06. The van der Waals surface area contributed by atoms with Crippen LogP contribution in [0.25, 0.3) is 0 Å². The van der Waals surface area contributed by atoms with Gasteiger partial charge < -0.3 is 5.32 Å². The van der Waals surface area contributed by atoms with Gasteiger partial charge in [0.25, 0.3) is 0 Å². The maximum absolute atomic E-state index is 12.6. The summed E-state index contributed by atoms with van der Waals surface area (Å²) in [6.45, 7) is 6.55. The largest absolute Gasteiger partial charge is 0.402 e. The average Bonchev–Trinajstić information content (AvgIpc) is 2.08. The van der Waals surface area contributed by atoms with E-state index < -0.39 is 24.3 Å². The number of halogens is 6. The molecule has 0 radical (unpaired) electrons. The number of nitrogens with one attached hydrogen (secondary N) is 1. The monoisotopic (exact) mass is 277 g/mol. The van der Waals surface area contributed by atoms with E-state index >= 15 is 0 Å². The minimum Gasteiger partial charge on any atom is -0.313 e. The van der Waals surface area contributed by atoms with Gasteiger partial charge >= 0.3 is 12.4 Å². The number of hydrogen-bond donors (Lipinski definition) is 1. The molecule has 0 saturated heterocycles. The molecule has 7 heteroatoms. The lowest BCUT2D eigenvalue weighted by Crippen LogP contribution is -2.51. The third-order valence-electron chi connectivity index (χ3n) is 2.33. The Morgan fingerprint density at radius 2 is 1.56 bits per heavy atom. The average molecular weight is 277 g/mol. The summed E-state index contributed by atoms with van der Waals surface area (Å²) in [6, 6.07) is -1.72. The Kier molecular flexibility index (Phi) is 6.19. The molecule has 0 bridgehead atoms. The fraction of sp³-hybridized carbons (Fsp3) is 0.818. The molecule has 0 heterocycles. The number of hydrogen-bond acceptors (Lipinski definition) is 1. The Morgan fingerprint density at radius 3 is 1.83 bits per heavy atom. The normalized spacial score (nSPS) is 14.9. The molecule has 0 aliphatic carbocycles. The van der Waals surface area contributed by atoms with Crippen molar-refractivity contribution in [2.45, 2.75) is 45.1 Å². The van der Waals surface area contributed by atoms with E-state index in [-0.39, 0.29) is 18.5 Å². The van der Waals surface area contributed by atoms with E-state index in [0.29, 0.717) is 6.42 Å². The third kappa shape index (κ3) is 5.75. The van der Waals surface area contributed by atoms with Crippen molar-refractivity contribution in [2.75, 3.05) is 6.54 Å². The SMILES string of the molecule is C=C(C)CC(NCCC)C(C(F)(F)F)C(F)(F)F. The molecule has 0 aromatic heterocycles. The van der Waals surface area contributed by atoms with Gasteiger partial charge in [0.15, 0.2) is 5.92 Å². The summed E-state index contributed by atoms with van der Waals surface area (Å²) in [6.07, 6.45) is -10.5. The molecule has 0 aliphatic rings. The zero-order valence-electron chi connectivity index (χ0n) is 10.3. The zero-order chi connectivity index (χ0) is 14.6. The molecule has 1 unspecified atom stereocenters. The van der Waals surface area contributed by atoms with Crippen molar-refractivity contribution >= 4 is 0 Å². The second-order valence-corrected chi connectivity index (χ2v) is 4.28. The fourth-order valence-electron chi connectivity index (χ4n) is 1.65. The van der Waals surface area contributed by atoms with Crippen molar-refractivity contribution in [2.24, 2.45) is 5.92 Å². The molecule has 0 amide bonds. The Labute approximate surface area is 102 Å². The van der Waals surface area contributed by atoms with Crippen molar-refractivity contribution in [3.63, 3.8) is 0 Å². The molecule has 1 N–H and O–H groups in total. The van der Waals surface area contributed by atoms with E-state index in [9.17, 15) is 26.3 Å². The molecule has 0 rings (SSSR count). The Hall–Kier alpha value is -0.720. The molecule has 0 aromatic carbocycles.